The van der Waals surface area contributed by atoms with Crippen LogP contribution in [-0.2, 0) is 11.3 Å². The minimum atomic E-state index is 0.286. The minimum Gasteiger partial charge on any atom is -0.494 e. The lowest BCUT2D eigenvalue weighted by Crippen LogP contribution is -2.38. The van der Waals surface area contributed by atoms with Crippen LogP contribution in [0.1, 0.15) is 38.7 Å². The highest BCUT2D eigenvalue weighted by Crippen LogP contribution is 2.13. The lowest BCUT2D eigenvalue weighted by atomic mass is 10.2. The number of carbonyl (C=O) groups excluding carboxylic acids is 1. The Morgan fingerprint density at radius 2 is 2.08 bits per heavy atom. The van der Waals surface area contributed by atoms with Gasteiger partial charge in [0.25, 0.3) is 0 Å². The summed E-state index contributed by atoms with van der Waals surface area (Å²) < 4.78 is 5.49. The van der Waals surface area contributed by atoms with Gasteiger partial charge < -0.3 is 19.9 Å². The van der Waals surface area contributed by atoms with Gasteiger partial charge in [-0.05, 0) is 44.4 Å². The molecule has 144 valence electrons. The number of guanidine groups is 1. The van der Waals surface area contributed by atoms with Gasteiger partial charge >= 0.3 is 0 Å². The average Bonchev–Trinajstić information content (AvgIpc) is 3.04. The molecule has 0 spiro atoms. The van der Waals surface area contributed by atoms with E-state index < -0.39 is 0 Å². The Hall–Kier alpha value is -2.24. The maximum Gasteiger partial charge on any atom is 0.222 e. The van der Waals surface area contributed by atoms with Crippen molar-refractivity contribution >= 4 is 11.9 Å². The fourth-order valence-corrected chi connectivity index (χ4v) is 3.06. The number of amides is 1. The zero-order valence-electron chi connectivity index (χ0n) is 16.3. The van der Waals surface area contributed by atoms with Gasteiger partial charge in [-0.2, -0.15) is 0 Å². The van der Waals surface area contributed by atoms with Crippen molar-refractivity contribution in [1.82, 2.24) is 15.1 Å². The summed E-state index contributed by atoms with van der Waals surface area (Å²) >= 11 is 0. The van der Waals surface area contributed by atoms with Crippen LogP contribution in [0, 0.1) is 0 Å². The van der Waals surface area contributed by atoms with Gasteiger partial charge in [0.05, 0.1) is 6.61 Å². The minimum absolute atomic E-state index is 0.286. The molecule has 1 amide bonds. The van der Waals surface area contributed by atoms with E-state index in [0.29, 0.717) is 13.0 Å². The summed E-state index contributed by atoms with van der Waals surface area (Å²) in [6, 6.07) is 8.18. The molecule has 6 nitrogen and oxygen atoms in total. The van der Waals surface area contributed by atoms with Crippen LogP contribution in [0.2, 0.25) is 0 Å². The van der Waals surface area contributed by atoms with Crippen LogP contribution in [0.25, 0.3) is 0 Å². The van der Waals surface area contributed by atoms with E-state index in [1.165, 1.54) is 5.56 Å². The van der Waals surface area contributed by atoms with Crippen molar-refractivity contribution in [3.05, 3.63) is 29.8 Å². The molecular weight excluding hydrogens is 328 g/mol. The van der Waals surface area contributed by atoms with Crippen LogP contribution in [0.5, 0.6) is 5.75 Å². The monoisotopic (exact) mass is 360 g/mol. The van der Waals surface area contributed by atoms with Crippen molar-refractivity contribution in [3.63, 3.8) is 0 Å². The first-order valence-electron chi connectivity index (χ1n) is 9.63. The zero-order valence-corrected chi connectivity index (χ0v) is 16.3. The number of hydrogen-bond acceptors (Lipinski definition) is 3. The van der Waals surface area contributed by atoms with Crippen molar-refractivity contribution < 1.29 is 9.53 Å². The summed E-state index contributed by atoms with van der Waals surface area (Å²) in [6.07, 6.45) is 2.60. The standard InChI is InChI=1S/C20H32N4O2/c1-4-21-20(22-13-7-15-24-14-6-8-19(24)25)23(3)16-17-9-11-18(12-10-17)26-5-2/h9-12H,4-8,13-16H2,1-3H3,(H,21,22). The first-order chi connectivity index (χ1) is 12.6. The molecular formula is C20H32N4O2. The molecule has 1 aliphatic rings. The number of aliphatic imine (C=N–C) groups is 1. The first-order valence-corrected chi connectivity index (χ1v) is 9.63. The van der Waals surface area contributed by atoms with E-state index in [1.54, 1.807) is 0 Å². The summed E-state index contributed by atoms with van der Waals surface area (Å²) in [5.74, 6) is 2.08. The van der Waals surface area contributed by atoms with Crippen LogP contribution in [0.3, 0.4) is 0 Å². The Morgan fingerprint density at radius 3 is 2.69 bits per heavy atom. The van der Waals surface area contributed by atoms with Crippen molar-refractivity contribution in [2.45, 2.75) is 39.7 Å². The molecule has 0 atom stereocenters. The molecule has 1 N–H and O–H groups in total. The Balaban J connectivity index is 1.84. The van der Waals surface area contributed by atoms with Crippen LogP contribution in [0.4, 0.5) is 0 Å². The summed E-state index contributed by atoms with van der Waals surface area (Å²) in [5.41, 5.74) is 1.21. The Morgan fingerprint density at radius 1 is 1.31 bits per heavy atom. The fourth-order valence-electron chi connectivity index (χ4n) is 3.06. The molecule has 1 aliphatic heterocycles. The molecule has 0 unspecified atom stereocenters. The quantitative estimate of drug-likeness (QED) is 0.418. The molecule has 1 aromatic carbocycles. The number of likely N-dealkylation sites (tertiary alicyclic amines) is 1. The normalized spacial score (nSPS) is 14.7. The predicted molar refractivity (Wildman–Crippen MR) is 105 cm³/mol. The third kappa shape index (κ3) is 6.24. The third-order valence-corrected chi connectivity index (χ3v) is 4.37. The lowest BCUT2D eigenvalue weighted by molar-refractivity contribution is -0.127. The SMILES string of the molecule is CCNC(=NCCCN1CCCC1=O)N(C)Cc1ccc(OCC)cc1. The second-order valence-electron chi connectivity index (χ2n) is 6.51. The second-order valence-corrected chi connectivity index (χ2v) is 6.51. The highest BCUT2D eigenvalue weighted by Gasteiger charge is 2.18. The van der Waals surface area contributed by atoms with Gasteiger partial charge in [-0.15, -0.1) is 0 Å². The molecule has 0 bridgehead atoms. The number of hydrogen-bond donors (Lipinski definition) is 1. The van der Waals surface area contributed by atoms with Gasteiger partial charge in [0.15, 0.2) is 5.96 Å². The topological polar surface area (TPSA) is 57.2 Å². The van der Waals surface area contributed by atoms with Crippen molar-refractivity contribution in [1.29, 1.82) is 0 Å². The fraction of sp³-hybridized carbons (Fsp3) is 0.600. The van der Waals surface area contributed by atoms with E-state index in [0.717, 1.165) is 57.3 Å². The maximum atomic E-state index is 11.6. The number of carbonyl (C=O) groups is 1. The van der Waals surface area contributed by atoms with Crippen molar-refractivity contribution in [2.75, 3.05) is 39.8 Å². The largest absolute Gasteiger partial charge is 0.494 e. The summed E-state index contributed by atoms with van der Waals surface area (Å²) in [4.78, 5) is 20.4. The van der Waals surface area contributed by atoms with Crippen LogP contribution < -0.4 is 10.1 Å². The average molecular weight is 361 g/mol. The van der Waals surface area contributed by atoms with E-state index in [4.69, 9.17) is 9.73 Å². The number of benzene rings is 1. The van der Waals surface area contributed by atoms with Gasteiger partial charge in [0.1, 0.15) is 5.75 Å². The predicted octanol–water partition coefficient (Wildman–Crippen LogP) is 2.50. The number of nitrogens with one attached hydrogen (secondary N) is 1. The maximum absolute atomic E-state index is 11.6. The van der Waals surface area contributed by atoms with Gasteiger partial charge in [-0.3, -0.25) is 9.79 Å². The molecule has 1 saturated heterocycles. The van der Waals surface area contributed by atoms with Crippen LogP contribution in [0.15, 0.2) is 29.3 Å². The smallest absolute Gasteiger partial charge is 0.222 e. The van der Waals surface area contributed by atoms with Crippen LogP contribution >= 0.6 is 0 Å². The Labute approximate surface area is 157 Å². The molecule has 1 fully saturated rings. The summed E-state index contributed by atoms with van der Waals surface area (Å²) in [7, 11) is 2.04. The molecule has 0 aliphatic carbocycles. The lowest BCUT2D eigenvalue weighted by Gasteiger charge is -2.22. The molecule has 1 heterocycles. The molecule has 0 radical (unpaired) electrons. The molecule has 0 aromatic heterocycles. The van der Waals surface area contributed by atoms with Crippen molar-refractivity contribution in [2.24, 2.45) is 4.99 Å². The van der Waals surface area contributed by atoms with E-state index in [2.05, 4.69) is 29.3 Å². The number of nitrogens with zero attached hydrogens (tertiary/aromatic N) is 3. The van der Waals surface area contributed by atoms with Gasteiger partial charge in [-0.1, -0.05) is 12.1 Å². The second kappa shape index (κ2) is 10.7. The number of rotatable bonds is 9. The zero-order chi connectivity index (χ0) is 18.8. The Bertz CT molecular complexity index is 586. The summed E-state index contributed by atoms with van der Waals surface area (Å²) in [6.45, 7) is 8.79. The third-order valence-electron chi connectivity index (χ3n) is 4.37. The van der Waals surface area contributed by atoms with E-state index in [9.17, 15) is 4.79 Å². The first kappa shape index (κ1) is 20.1. The summed E-state index contributed by atoms with van der Waals surface area (Å²) in [5, 5.41) is 3.34. The van der Waals surface area contributed by atoms with Crippen LogP contribution in [-0.4, -0.2) is 61.5 Å². The number of ether oxygens (including phenoxy) is 1. The molecule has 6 heteroatoms. The Kier molecular flexibility index (Phi) is 8.25. The molecule has 26 heavy (non-hydrogen) atoms. The highest BCUT2D eigenvalue weighted by atomic mass is 16.5. The van der Waals surface area contributed by atoms with Crippen molar-refractivity contribution in [3.8, 4) is 5.75 Å². The van der Waals surface area contributed by atoms with Gasteiger partial charge in [-0.25, -0.2) is 0 Å². The molecule has 1 aromatic rings. The van der Waals surface area contributed by atoms with E-state index >= 15 is 0 Å². The molecule has 0 saturated carbocycles. The van der Waals surface area contributed by atoms with E-state index in [-0.39, 0.29) is 5.91 Å². The van der Waals surface area contributed by atoms with Gasteiger partial charge in [0.2, 0.25) is 5.91 Å². The highest BCUT2D eigenvalue weighted by molar-refractivity contribution is 5.79. The van der Waals surface area contributed by atoms with E-state index in [1.807, 2.05) is 31.0 Å². The van der Waals surface area contributed by atoms with Gasteiger partial charge in [0, 0.05) is 46.2 Å². The molecule has 2 rings (SSSR count).